The van der Waals surface area contributed by atoms with Gasteiger partial charge in [0.2, 0.25) is 5.96 Å². The van der Waals surface area contributed by atoms with Crippen LogP contribution in [-0.2, 0) is 15.6 Å². The third-order valence-corrected chi connectivity index (χ3v) is 4.36. The van der Waals surface area contributed by atoms with Gasteiger partial charge in [0.25, 0.3) is 5.91 Å². The van der Waals surface area contributed by atoms with Crippen molar-refractivity contribution in [2.45, 2.75) is 52.4 Å². The summed E-state index contributed by atoms with van der Waals surface area (Å²) in [5, 5.41) is 10.8. The minimum atomic E-state index is -0.416. The fourth-order valence-corrected chi connectivity index (χ4v) is 2.89. The average molecular weight is 371 g/mol. The zero-order valence-corrected chi connectivity index (χ0v) is 17.1. The summed E-state index contributed by atoms with van der Waals surface area (Å²) < 4.78 is 0. The van der Waals surface area contributed by atoms with Crippen LogP contribution in [0.25, 0.3) is 6.08 Å². The number of hydrogen-bond donors (Lipinski definition) is 3. The Bertz CT molecular complexity index is 828. The van der Waals surface area contributed by atoms with Gasteiger partial charge in [0, 0.05) is 18.2 Å². The molecule has 1 aromatic rings. The van der Waals surface area contributed by atoms with Gasteiger partial charge in [-0.3, -0.25) is 4.79 Å². The molecule has 7 nitrogen and oxygen atoms in total. The first-order valence-electron chi connectivity index (χ1n) is 8.78. The third-order valence-electron chi connectivity index (χ3n) is 4.36. The van der Waals surface area contributed by atoms with Crippen molar-refractivity contribution in [2.75, 3.05) is 7.05 Å². The van der Waals surface area contributed by atoms with Gasteiger partial charge in [-0.1, -0.05) is 41.5 Å². The number of rotatable bonds is 1. The lowest BCUT2D eigenvalue weighted by Crippen LogP contribution is -2.28. The molecule has 27 heavy (non-hydrogen) atoms. The van der Waals surface area contributed by atoms with E-state index in [9.17, 15) is 9.90 Å². The second-order valence-corrected chi connectivity index (χ2v) is 8.81. The number of nitrogens with zero attached hydrogens (tertiary/aromatic N) is 3. The topological polar surface area (TPSA) is 117 Å². The van der Waals surface area contributed by atoms with E-state index in [1.54, 1.807) is 18.0 Å². The van der Waals surface area contributed by atoms with Gasteiger partial charge in [-0.15, -0.1) is 0 Å². The third kappa shape index (κ3) is 4.30. The molecule has 146 valence electrons. The molecule has 1 aromatic carbocycles. The lowest BCUT2D eigenvalue weighted by Gasteiger charge is -2.28. The van der Waals surface area contributed by atoms with Crippen molar-refractivity contribution >= 4 is 23.9 Å². The standard InChI is InChI=1S/C20H29N5O2/c1-19(2,3)12-8-11(9-13(15(12)26)20(4,5)6)10-14-16(27)23-18(25(14)7)24-17(21)22/h8-10,26H,1-7H3,(H4,21,22,23,24,27)/b14-10-. The Kier molecular flexibility index (Phi) is 5.10. The largest absolute Gasteiger partial charge is 0.507 e. The molecule has 5 N–H and O–H groups in total. The van der Waals surface area contributed by atoms with Crippen LogP contribution in [-0.4, -0.2) is 34.9 Å². The molecule has 0 saturated carbocycles. The summed E-state index contributed by atoms with van der Waals surface area (Å²) in [6, 6.07) is 3.80. The molecule has 0 fully saturated rings. The summed E-state index contributed by atoms with van der Waals surface area (Å²) in [7, 11) is 1.68. The van der Waals surface area contributed by atoms with Crippen LogP contribution in [0.2, 0.25) is 0 Å². The first-order valence-corrected chi connectivity index (χ1v) is 8.78. The highest BCUT2D eigenvalue weighted by atomic mass is 16.3. The number of phenols is 1. The molecule has 0 spiro atoms. The summed E-state index contributed by atoms with van der Waals surface area (Å²) in [6.45, 7) is 12.2. The minimum absolute atomic E-state index is 0.150. The number of carbonyl (C=O) groups is 1. The van der Waals surface area contributed by atoms with Crippen LogP contribution in [0.5, 0.6) is 5.75 Å². The van der Waals surface area contributed by atoms with Gasteiger partial charge in [0.15, 0.2) is 5.96 Å². The fraction of sp³-hybridized carbons (Fsp3) is 0.450. The van der Waals surface area contributed by atoms with E-state index in [0.717, 1.165) is 16.7 Å². The van der Waals surface area contributed by atoms with Crippen LogP contribution >= 0.6 is 0 Å². The second kappa shape index (κ2) is 6.72. The Balaban J connectivity index is 2.62. The maximum absolute atomic E-state index is 12.3. The zero-order chi connectivity index (χ0) is 20.7. The van der Waals surface area contributed by atoms with Crippen molar-refractivity contribution in [1.82, 2.24) is 4.90 Å². The number of aromatic hydroxyl groups is 1. The number of guanidine groups is 2. The molecule has 1 heterocycles. The maximum atomic E-state index is 12.3. The molecule has 0 atom stereocenters. The van der Waals surface area contributed by atoms with Crippen molar-refractivity contribution in [1.29, 1.82) is 0 Å². The van der Waals surface area contributed by atoms with Gasteiger partial charge in [0.1, 0.15) is 11.4 Å². The number of nitrogens with two attached hydrogens (primary N) is 2. The van der Waals surface area contributed by atoms with Crippen LogP contribution in [0.1, 0.15) is 58.2 Å². The normalized spacial score (nSPS) is 16.7. The first kappa shape index (κ1) is 20.5. The van der Waals surface area contributed by atoms with E-state index in [4.69, 9.17) is 11.5 Å². The Morgan fingerprint density at radius 2 is 1.59 bits per heavy atom. The smallest absolute Gasteiger partial charge is 0.296 e. The van der Waals surface area contributed by atoms with E-state index in [1.165, 1.54) is 0 Å². The Hall–Kier alpha value is -2.83. The van der Waals surface area contributed by atoms with E-state index in [2.05, 4.69) is 9.98 Å². The number of aliphatic imine (C=N–C) groups is 2. The average Bonchev–Trinajstić information content (AvgIpc) is 2.73. The van der Waals surface area contributed by atoms with E-state index < -0.39 is 5.91 Å². The molecular weight excluding hydrogens is 342 g/mol. The van der Waals surface area contributed by atoms with E-state index in [0.29, 0.717) is 11.4 Å². The lowest BCUT2D eigenvalue weighted by molar-refractivity contribution is -0.114. The predicted molar refractivity (Wildman–Crippen MR) is 109 cm³/mol. The molecule has 7 heteroatoms. The van der Waals surface area contributed by atoms with E-state index in [-0.39, 0.29) is 22.7 Å². The molecule has 1 aliphatic rings. The highest BCUT2D eigenvalue weighted by Crippen LogP contribution is 2.40. The van der Waals surface area contributed by atoms with Crippen molar-refractivity contribution < 1.29 is 9.90 Å². The number of likely N-dealkylation sites (N-methyl/N-ethyl adjacent to an activating group) is 1. The van der Waals surface area contributed by atoms with Crippen molar-refractivity contribution in [3.63, 3.8) is 0 Å². The number of hydrogen-bond acceptors (Lipinski definition) is 4. The van der Waals surface area contributed by atoms with Crippen LogP contribution in [0, 0.1) is 0 Å². The molecule has 0 unspecified atom stereocenters. The number of phenolic OH excluding ortho intramolecular Hbond substituents is 1. The second-order valence-electron chi connectivity index (χ2n) is 8.81. The van der Waals surface area contributed by atoms with Gasteiger partial charge in [0.05, 0.1) is 0 Å². The number of benzene rings is 1. The molecule has 1 aliphatic heterocycles. The molecule has 2 rings (SSSR count). The van der Waals surface area contributed by atoms with Crippen molar-refractivity contribution in [3.05, 3.63) is 34.5 Å². The van der Waals surface area contributed by atoms with E-state index >= 15 is 0 Å². The summed E-state index contributed by atoms with van der Waals surface area (Å²) in [4.78, 5) is 21.6. The lowest BCUT2D eigenvalue weighted by atomic mass is 9.78. The maximum Gasteiger partial charge on any atom is 0.296 e. The van der Waals surface area contributed by atoms with Gasteiger partial charge < -0.3 is 21.5 Å². The summed E-state index contributed by atoms with van der Waals surface area (Å²) in [5.41, 5.74) is 13.1. The van der Waals surface area contributed by atoms with Crippen molar-refractivity contribution in [3.8, 4) is 5.75 Å². The van der Waals surface area contributed by atoms with Crippen LogP contribution in [0.4, 0.5) is 0 Å². The Labute approximate surface area is 160 Å². The zero-order valence-electron chi connectivity index (χ0n) is 17.1. The first-order chi connectivity index (χ1) is 12.2. The molecule has 0 aromatic heterocycles. The summed E-state index contributed by atoms with van der Waals surface area (Å²) in [6.07, 6.45) is 1.74. The fourth-order valence-electron chi connectivity index (χ4n) is 2.89. The monoisotopic (exact) mass is 371 g/mol. The molecule has 0 radical (unpaired) electrons. The van der Waals surface area contributed by atoms with Crippen LogP contribution in [0.15, 0.2) is 27.8 Å². The predicted octanol–water partition coefficient (Wildman–Crippen LogP) is 2.43. The Morgan fingerprint density at radius 1 is 1.11 bits per heavy atom. The van der Waals surface area contributed by atoms with Crippen LogP contribution < -0.4 is 11.5 Å². The SMILES string of the molecule is CN1C(N=C(N)N)=NC(=O)/C1=C/c1cc(C(C)(C)C)c(O)c(C(C)(C)C)c1. The molecule has 0 bridgehead atoms. The van der Waals surface area contributed by atoms with Gasteiger partial charge in [-0.25, -0.2) is 0 Å². The molecule has 0 saturated heterocycles. The Morgan fingerprint density at radius 3 is 2.00 bits per heavy atom. The molecular formula is C20H29N5O2. The number of amides is 1. The number of carbonyl (C=O) groups excluding carboxylic acids is 1. The molecule has 1 amide bonds. The highest BCUT2D eigenvalue weighted by Gasteiger charge is 2.29. The molecule has 0 aliphatic carbocycles. The van der Waals surface area contributed by atoms with E-state index in [1.807, 2.05) is 53.7 Å². The van der Waals surface area contributed by atoms with Crippen molar-refractivity contribution in [2.24, 2.45) is 21.5 Å². The van der Waals surface area contributed by atoms with Gasteiger partial charge >= 0.3 is 0 Å². The summed E-state index contributed by atoms with van der Waals surface area (Å²) in [5.74, 6) is -0.137. The van der Waals surface area contributed by atoms with Crippen LogP contribution in [0.3, 0.4) is 0 Å². The van der Waals surface area contributed by atoms with Gasteiger partial charge in [-0.05, 0) is 34.6 Å². The minimum Gasteiger partial charge on any atom is -0.507 e. The summed E-state index contributed by atoms with van der Waals surface area (Å²) >= 11 is 0. The quantitative estimate of drug-likeness (QED) is 0.398. The highest BCUT2D eigenvalue weighted by molar-refractivity contribution is 6.14. The van der Waals surface area contributed by atoms with Gasteiger partial charge in [-0.2, -0.15) is 9.98 Å².